The van der Waals surface area contributed by atoms with Crippen LogP contribution in [0.2, 0.25) is 0 Å². The highest BCUT2D eigenvalue weighted by molar-refractivity contribution is 5.89. The lowest BCUT2D eigenvalue weighted by Gasteiger charge is -2.19. The summed E-state index contributed by atoms with van der Waals surface area (Å²) in [6.45, 7) is 5.29. The minimum Gasteiger partial charge on any atom is -0.457 e. The monoisotopic (exact) mass is 631 g/mol. The number of alkyl halides is 3. The third kappa shape index (κ3) is 8.76. The van der Waals surface area contributed by atoms with E-state index in [1.165, 1.54) is 10.6 Å². The maximum atomic E-state index is 13.9. The molecule has 0 fully saturated rings. The van der Waals surface area contributed by atoms with Crippen LogP contribution in [0.1, 0.15) is 40.7 Å². The van der Waals surface area contributed by atoms with Gasteiger partial charge in [0, 0.05) is 12.2 Å². The molecule has 0 aliphatic rings. The summed E-state index contributed by atoms with van der Waals surface area (Å²) in [5.41, 5.74) is 0.329. The summed E-state index contributed by atoms with van der Waals surface area (Å²) in [5.74, 6) is 0.889. The fraction of sp³-hybridized carbons (Fsp3) is 0.286. The van der Waals surface area contributed by atoms with Gasteiger partial charge in [0.15, 0.2) is 0 Å². The van der Waals surface area contributed by atoms with E-state index in [-0.39, 0.29) is 18.3 Å². The molecule has 4 aromatic rings. The summed E-state index contributed by atoms with van der Waals surface area (Å²) in [5, 5.41) is 15.1. The van der Waals surface area contributed by atoms with Gasteiger partial charge in [0.2, 0.25) is 0 Å². The topological polar surface area (TPSA) is 99.4 Å². The Bertz CT molecular complexity index is 1770. The van der Waals surface area contributed by atoms with Gasteiger partial charge in [-0.25, -0.2) is 4.79 Å². The van der Waals surface area contributed by atoms with Crippen LogP contribution in [0.4, 0.5) is 23.7 Å². The zero-order chi connectivity index (χ0) is 33.4. The first-order valence-electron chi connectivity index (χ1n) is 14.7. The van der Waals surface area contributed by atoms with Crippen molar-refractivity contribution in [3.05, 3.63) is 111 Å². The Labute approximate surface area is 266 Å². The number of hydrogen-bond acceptors (Lipinski definition) is 5. The van der Waals surface area contributed by atoms with Crippen molar-refractivity contribution in [3.63, 3.8) is 0 Å². The lowest BCUT2D eigenvalue weighted by Crippen LogP contribution is -2.29. The van der Waals surface area contributed by atoms with E-state index in [1.54, 1.807) is 48.5 Å². The number of aromatic nitrogens is 1. The number of anilines is 1. The molecule has 0 spiro atoms. The summed E-state index contributed by atoms with van der Waals surface area (Å²) in [4.78, 5) is 27.6. The van der Waals surface area contributed by atoms with Gasteiger partial charge in [0.25, 0.3) is 5.56 Å². The third-order valence-corrected chi connectivity index (χ3v) is 7.36. The first kappa shape index (κ1) is 33.8. The van der Waals surface area contributed by atoms with Crippen molar-refractivity contribution in [2.45, 2.75) is 39.4 Å². The van der Waals surface area contributed by atoms with Gasteiger partial charge in [0.1, 0.15) is 23.1 Å². The number of carbonyl (C=O) groups is 1. The van der Waals surface area contributed by atoms with E-state index < -0.39 is 22.9 Å². The minimum absolute atomic E-state index is 0.0137. The molecule has 0 saturated carbocycles. The second-order valence-corrected chi connectivity index (χ2v) is 11.3. The zero-order valence-corrected chi connectivity index (χ0v) is 26.2. The molecular formula is C35H36F3N5O3. The Hall–Kier alpha value is -5.08. The quantitative estimate of drug-likeness (QED) is 0.169. The van der Waals surface area contributed by atoms with Gasteiger partial charge >= 0.3 is 12.2 Å². The van der Waals surface area contributed by atoms with Gasteiger partial charge in [-0.2, -0.15) is 18.4 Å². The van der Waals surface area contributed by atoms with Crippen LogP contribution < -0.4 is 20.9 Å². The van der Waals surface area contributed by atoms with Crippen molar-refractivity contribution in [2.24, 2.45) is 0 Å². The van der Waals surface area contributed by atoms with E-state index in [9.17, 15) is 28.0 Å². The number of rotatable bonds is 11. The molecule has 11 heteroatoms. The zero-order valence-electron chi connectivity index (χ0n) is 26.2. The largest absolute Gasteiger partial charge is 0.457 e. The van der Waals surface area contributed by atoms with Crippen molar-refractivity contribution in [2.75, 3.05) is 32.5 Å². The van der Waals surface area contributed by atoms with Crippen molar-refractivity contribution >= 4 is 11.7 Å². The van der Waals surface area contributed by atoms with E-state index in [0.717, 1.165) is 42.1 Å². The molecule has 0 saturated heterocycles. The normalized spacial score (nSPS) is 11.3. The summed E-state index contributed by atoms with van der Waals surface area (Å²) in [6.07, 6.45) is -3.04. The lowest BCUT2D eigenvalue weighted by atomic mass is 10.0. The van der Waals surface area contributed by atoms with E-state index in [1.807, 2.05) is 46.1 Å². The van der Waals surface area contributed by atoms with Crippen molar-refractivity contribution < 1.29 is 22.7 Å². The van der Waals surface area contributed by atoms with Crippen LogP contribution in [-0.2, 0) is 12.7 Å². The molecule has 240 valence electrons. The standard InChI is InChI=1S/C35H36F3N5O3/c1-23-7-8-26(24(2)19-23)22-43-32(20-31(35(36,37)38)30(21-39)33(43)44)25-9-13-28(14-10-25)46-29-15-11-27(12-16-29)41-34(45)40-17-5-6-18-42(3)4/h7-16,19-20H,5-6,17-18,22H2,1-4H3,(H2,40,41,45). The molecule has 1 heterocycles. The number of halogens is 3. The number of aryl methyl sites for hydroxylation is 2. The molecule has 0 aliphatic heterocycles. The molecule has 4 rings (SSSR count). The fourth-order valence-electron chi connectivity index (χ4n) is 4.93. The average molecular weight is 632 g/mol. The van der Waals surface area contributed by atoms with Gasteiger partial charge < -0.3 is 24.8 Å². The number of nitrogens with zero attached hydrogens (tertiary/aromatic N) is 3. The lowest BCUT2D eigenvalue weighted by molar-refractivity contribution is -0.137. The average Bonchev–Trinajstić information content (AvgIpc) is 2.99. The molecule has 46 heavy (non-hydrogen) atoms. The number of amides is 2. The number of hydrogen-bond donors (Lipinski definition) is 2. The maximum Gasteiger partial charge on any atom is 0.417 e. The van der Waals surface area contributed by atoms with Gasteiger partial charge in [-0.15, -0.1) is 0 Å². The highest BCUT2D eigenvalue weighted by Gasteiger charge is 2.36. The maximum absolute atomic E-state index is 13.9. The summed E-state index contributed by atoms with van der Waals surface area (Å²) in [7, 11) is 4.01. The van der Waals surface area contributed by atoms with E-state index in [0.29, 0.717) is 29.3 Å². The van der Waals surface area contributed by atoms with E-state index in [2.05, 4.69) is 15.5 Å². The number of benzene rings is 3. The van der Waals surface area contributed by atoms with Crippen molar-refractivity contribution in [1.29, 1.82) is 5.26 Å². The molecule has 2 N–H and O–H groups in total. The molecule has 0 atom stereocenters. The highest BCUT2D eigenvalue weighted by Crippen LogP contribution is 2.34. The van der Waals surface area contributed by atoms with E-state index >= 15 is 0 Å². The molecule has 3 aromatic carbocycles. The van der Waals surface area contributed by atoms with Gasteiger partial charge in [-0.05, 0) is 119 Å². The highest BCUT2D eigenvalue weighted by atomic mass is 19.4. The molecule has 0 bridgehead atoms. The van der Waals surface area contributed by atoms with Crippen LogP contribution in [0.15, 0.2) is 77.6 Å². The van der Waals surface area contributed by atoms with Crippen LogP contribution in [0.3, 0.4) is 0 Å². The Balaban J connectivity index is 1.52. The van der Waals surface area contributed by atoms with Crippen molar-refractivity contribution in [1.82, 2.24) is 14.8 Å². The number of unbranched alkanes of at least 4 members (excludes halogenated alkanes) is 1. The Morgan fingerprint density at radius 1 is 0.957 bits per heavy atom. The first-order chi connectivity index (χ1) is 21.8. The summed E-state index contributed by atoms with van der Waals surface area (Å²) in [6, 6.07) is 20.7. The smallest absolute Gasteiger partial charge is 0.417 e. The van der Waals surface area contributed by atoms with Crippen LogP contribution in [-0.4, -0.2) is 42.7 Å². The van der Waals surface area contributed by atoms with Gasteiger partial charge in [-0.3, -0.25) is 4.79 Å². The van der Waals surface area contributed by atoms with Crippen LogP contribution in [0.25, 0.3) is 11.3 Å². The fourth-order valence-corrected chi connectivity index (χ4v) is 4.93. The number of nitriles is 1. The molecule has 0 radical (unpaired) electrons. The summed E-state index contributed by atoms with van der Waals surface area (Å²) >= 11 is 0. The summed E-state index contributed by atoms with van der Waals surface area (Å²) < 4.78 is 48.9. The predicted octanol–water partition coefficient (Wildman–Crippen LogP) is 7.33. The Kier molecular flexibility index (Phi) is 10.9. The SMILES string of the molecule is Cc1ccc(Cn2c(-c3ccc(Oc4ccc(NC(=O)NCCCCN(C)C)cc4)cc3)cc(C(F)(F)F)c(C#N)c2=O)c(C)c1. The molecule has 2 amide bonds. The van der Waals surface area contributed by atoms with Gasteiger partial charge in [-0.1, -0.05) is 23.8 Å². The van der Waals surface area contributed by atoms with Crippen LogP contribution >= 0.6 is 0 Å². The minimum atomic E-state index is -4.89. The molecule has 0 unspecified atom stereocenters. The van der Waals surface area contributed by atoms with Gasteiger partial charge in [0.05, 0.1) is 17.8 Å². The number of urea groups is 1. The number of carbonyl (C=O) groups excluding carboxylic acids is 1. The number of ether oxygens (including phenoxy) is 1. The van der Waals surface area contributed by atoms with Crippen LogP contribution in [0, 0.1) is 25.2 Å². The van der Waals surface area contributed by atoms with Crippen LogP contribution in [0.5, 0.6) is 11.5 Å². The second-order valence-electron chi connectivity index (χ2n) is 11.3. The Morgan fingerprint density at radius 3 is 2.20 bits per heavy atom. The molecule has 1 aromatic heterocycles. The van der Waals surface area contributed by atoms with E-state index in [4.69, 9.17) is 4.74 Å². The number of pyridine rings is 1. The van der Waals surface area contributed by atoms with Crippen molar-refractivity contribution in [3.8, 4) is 28.8 Å². The predicted molar refractivity (Wildman–Crippen MR) is 172 cm³/mol. The first-order valence-corrected chi connectivity index (χ1v) is 14.7. The second kappa shape index (κ2) is 14.8. The third-order valence-electron chi connectivity index (χ3n) is 7.36. The number of nitrogens with one attached hydrogen (secondary N) is 2. The molecular weight excluding hydrogens is 595 g/mol. The molecule has 8 nitrogen and oxygen atoms in total. The Morgan fingerprint density at radius 2 is 1.61 bits per heavy atom. The molecule has 0 aliphatic carbocycles.